The minimum Gasteiger partial charge on any atom is -0.368 e. The van der Waals surface area contributed by atoms with Gasteiger partial charge in [-0.15, -0.1) is 0 Å². The van der Waals surface area contributed by atoms with Crippen molar-refractivity contribution < 1.29 is 9.59 Å². The molecule has 1 saturated heterocycles. The van der Waals surface area contributed by atoms with Crippen LogP contribution in [0.15, 0.2) is 65.8 Å². The van der Waals surface area contributed by atoms with E-state index in [-0.39, 0.29) is 30.4 Å². The van der Waals surface area contributed by atoms with Gasteiger partial charge in [0.05, 0.1) is 23.2 Å². The summed E-state index contributed by atoms with van der Waals surface area (Å²) < 4.78 is 2.93. The van der Waals surface area contributed by atoms with Gasteiger partial charge in [0, 0.05) is 40.9 Å². The Hall–Kier alpha value is -3.32. The van der Waals surface area contributed by atoms with Gasteiger partial charge in [-0.3, -0.25) is 9.59 Å². The smallest absolute Gasteiger partial charge is 0.256 e. The van der Waals surface area contributed by atoms with E-state index in [1.807, 2.05) is 35.4 Å². The minimum atomic E-state index is -0.0569. The second-order valence-corrected chi connectivity index (χ2v) is 11.3. The van der Waals surface area contributed by atoms with E-state index in [1.165, 1.54) is 11.1 Å². The quantitative estimate of drug-likeness (QED) is 0.370. The average molecular weight is 576 g/mol. The maximum absolute atomic E-state index is 14.3. The number of halogens is 1. The molecule has 3 heterocycles. The van der Waals surface area contributed by atoms with Crippen molar-refractivity contribution in [2.75, 3.05) is 19.6 Å². The standard InChI is InChI=1S/C31H35BrN4O2/c1-6-20(4)34-16-24(17-34)33-28(37)18-36-21(5)29(26-15-23(32)14-19(3)30(26)36)31(38)35-13-12-22-10-8-9-11-25(22)27(35)7-2/h6,8-11,14-15,24,27H,1,4,7,12-13,16-18H2,2-3,5H3,(H,33,37). The largest absolute Gasteiger partial charge is 0.368 e. The van der Waals surface area contributed by atoms with Gasteiger partial charge in [-0.25, -0.2) is 0 Å². The zero-order valence-corrected chi connectivity index (χ0v) is 24.0. The summed E-state index contributed by atoms with van der Waals surface area (Å²) in [5.41, 5.74) is 6.91. The van der Waals surface area contributed by atoms with Gasteiger partial charge in [-0.05, 0) is 61.6 Å². The molecule has 198 valence electrons. The van der Waals surface area contributed by atoms with Crippen LogP contribution in [-0.2, 0) is 17.8 Å². The number of nitrogens with one attached hydrogen (secondary N) is 1. The van der Waals surface area contributed by atoms with Crippen molar-refractivity contribution in [2.45, 2.75) is 52.2 Å². The van der Waals surface area contributed by atoms with Crippen LogP contribution in [0.25, 0.3) is 10.9 Å². The lowest BCUT2D eigenvalue weighted by molar-refractivity contribution is -0.123. The number of hydrogen-bond acceptors (Lipinski definition) is 3. The number of benzene rings is 2. The number of carbonyl (C=O) groups is 2. The number of hydrogen-bond donors (Lipinski definition) is 1. The second-order valence-electron chi connectivity index (χ2n) is 10.4. The summed E-state index contributed by atoms with van der Waals surface area (Å²) in [7, 11) is 0. The molecule has 1 unspecified atom stereocenters. The number of fused-ring (bicyclic) bond motifs is 2. The molecule has 3 aromatic rings. The van der Waals surface area contributed by atoms with Crippen molar-refractivity contribution >= 4 is 38.6 Å². The normalized spacial score (nSPS) is 17.2. The molecule has 0 aliphatic carbocycles. The van der Waals surface area contributed by atoms with Crippen LogP contribution in [0.4, 0.5) is 0 Å². The summed E-state index contributed by atoms with van der Waals surface area (Å²) in [4.78, 5) is 31.5. The van der Waals surface area contributed by atoms with Crippen LogP contribution < -0.4 is 5.32 Å². The zero-order valence-electron chi connectivity index (χ0n) is 22.4. The fraction of sp³-hybridized carbons (Fsp3) is 0.355. The molecule has 1 fully saturated rings. The van der Waals surface area contributed by atoms with Crippen LogP contribution in [0.5, 0.6) is 0 Å². The summed E-state index contributed by atoms with van der Waals surface area (Å²) in [6.07, 6.45) is 3.43. The number of amides is 2. The van der Waals surface area contributed by atoms with Gasteiger partial charge in [0.25, 0.3) is 5.91 Å². The van der Waals surface area contributed by atoms with E-state index in [0.717, 1.165) is 58.3 Å². The molecular weight excluding hydrogens is 540 g/mol. The van der Waals surface area contributed by atoms with Gasteiger partial charge in [0.2, 0.25) is 5.91 Å². The number of aryl methyl sites for hydroxylation is 1. The SMILES string of the molecule is C=CC(=C)N1CC(NC(=O)Cn2c(C)c(C(=O)N3CCc4ccccc4C3CC)c3cc(Br)cc(C)c32)C1. The topological polar surface area (TPSA) is 57.6 Å². The number of rotatable bonds is 7. The molecule has 1 atom stereocenters. The van der Waals surface area contributed by atoms with Gasteiger partial charge in [-0.2, -0.15) is 0 Å². The van der Waals surface area contributed by atoms with Crippen molar-refractivity contribution in [3.8, 4) is 0 Å². The molecule has 38 heavy (non-hydrogen) atoms. The predicted molar refractivity (Wildman–Crippen MR) is 156 cm³/mol. The first-order valence-corrected chi connectivity index (χ1v) is 14.1. The van der Waals surface area contributed by atoms with E-state index in [4.69, 9.17) is 0 Å². The molecule has 5 rings (SSSR count). The van der Waals surface area contributed by atoms with Gasteiger partial charge >= 0.3 is 0 Å². The van der Waals surface area contributed by atoms with Crippen molar-refractivity contribution in [3.63, 3.8) is 0 Å². The third-order valence-electron chi connectivity index (χ3n) is 8.04. The maximum atomic E-state index is 14.3. The average Bonchev–Trinajstić information content (AvgIpc) is 3.15. The van der Waals surface area contributed by atoms with Crippen LogP contribution in [0.2, 0.25) is 0 Å². The van der Waals surface area contributed by atoms with Crippen LogP contribution in [0.3, 0.4) is 0 Å². The van der Waals surface area contributed by atoms with E-state index in [0.29, 0.717) is 12.1 Å². The summed E-state index contributed by atoms with van der Waals surface area (Å²) in [6.45, 7) is 16.2. The minimum absolute atomic E-state index is 0.0306. The Bertz CT molecular complexity index is 1450. The van der Waals surface area contributed by atoms with Crippen LogP contribution in [0, 0.1) is 13.8 Å². The van der Waals surface area contributed by atoms with Crippen LogP contribution in [-0.4, -0.2) is 51.9 Å². The highest BCUT2D eigenvalue weighted by Gasteiger charge is 2.34. The van der Waals surface area contributed by atoms with Crippen LogP contribution >= 0.6 is 15.9 Å². The first-order chi connectivity index (χ1) is 18.2. The maximum Gasteiger partial charge on any atom is 0.256 e. The highest BCUT2D eigenvalue weighted by molar-refractivity contribution is 9.10. The van der Waals surface area contributed by atoms with Crippen molar-refractivity contribution in [3.05, 3.63) is 93.7 Å². The fourth-order valence-corrected chi connectivity index (χ4v) is 6.65. The molecule has 0 bridgehead atoms. The molecule has 0 spiro atoms. The summed E-state index contributed by atoms with van der Waals surface area (Å²) >= 11 is 3.63. The molecule has 2 aromatic carbocycles. The molecule has 2 aliphatic rings. The molecule has 2 aliphatic heterocycles. The highest BCUT2D eigenvalue weighted by Crippen LogP contribution is 2.37. The second kappa shape index (κ2) is 10.4. The Labute approximate surface area is 233 Å². The van der Waals surface area contributed by atoms with Crippen molar-refractivity contribution in [2.24, 2.45) is 0 Å². The summed E-state index contributed by atoms with van der Waals surface area (Å²) in [5.74, 6) is -0.0263. The summed E-state index contributed by atoms with van der Waals surface area (Å²) in [6, 6.07) is 12.6. The molecule has 0 radical (unpaired) electrons. The predicted octanol–water partition coefficient (Wildman–Crippen LogP) is 5.67. The van der Waals surface area contributed by atoms with E-state index in [9.17, 15) is 9.59 Å². The van der Waals surface area contributed by atoms with E-state index >= 15 is 0 Å². The van der Waals surface area contributed by atoms with Gasteiger partial charge < -0.3 is 19.7 Å². The first kappa shape index (κ1) is 26.3. The number of likely N-dealkylation sites (tertiary alicyclic amines) is 1. The van der Waals surface area contributed by atoms with Crippen LogP contribution in [0.1, 0.15) is 52.1 Å². The zero-order chi connectivity index (χ0) is 27.1. The highest BCUT2D eigenvalue weighted by atomic mass is 79.9. The lowest BCUT2D eigenvalue weighted by atomic mass is 9.90. The molecular formula is C31H35BrN4O2. The van der Waals surface area contributed by atoms with Gasteiger partial charge in [0.1, 0.15) is 6.54 Å². The van der Waals surface area contributed by atoms with Crippen molar-refractivity contribution in [1.29, 1.82) is 0 Å². The van der Waals surface area contributed by atoms with Gasteiger partial charge in [0.15, 0.2) is 0 Å². The fourth-order valence-electron chi connectivity index (χ4n) is 6.08. The lowest BCUT2D eigenvalue weighted by Gasteiger charge is -2.41. The van der Waals surface area contributed by atoms with E-state index < -0.39 is 0 Å². The lowest BCUT2D eigenvalue weighted by Crippen LogP contribution is -2.58. The summed E-state index contributed by atoms with van der Waals surface area (Å²) in [5, 5.41) is 4.03. The Morgan fingerprint density at radius 2 is 1.92 bits per heavy atom. The number of allylic oxidation sites excluding steroid dienone is 1. The van der Waals surface area contributed by atoms with E-state index in [1.54, 1.807) is 6.08 Å². The van der Waals surface area contributed by atoms with E-state index in [2.05, 4.69) is 70.5 Å². The molecule has 2 amide bonds. The molecule has 1 aromatic heterocycles. The Morgan fingerprint density at radius 1 is 1.18 bits per heavy atom. The Kier molecular flexibility index (Phi) is 7.23. The van der Waals surface area contributed by atoms with Crippen molar-refractivity contribution in [1.82, 2.24) is 19.7 Å². The molecule has 0 saturated carbocycles. The molecule has 7 heteroatoms. The first-order valence-electron chi connectivity index (χ1n) is 13.3. The Balaban J connectivity index is 1.47. The van der Waals surface area contributed by atoms with Gasteiger partial charge in [-0.1, -0.05) is 60.3 Å². The molecule has 1 N–H and O–H groups in total. The Morgan fingerprint density at radius 3 is 2.63 bits per heavy atom. The third-order valence-corrected chi connectivity index (χ3v) is 8.49. The number of nitrogens with zero attached hydrogens (tertiary/aromatic N) is 3. The number of carbonyl (C=O) groups excluding carboxylic acids is 2. The monoisotopic (exact) mass is 574 g/mol. The number of aromatic nitrogens is 1. The third kappa shape index (κ3) is 4.57. The molecule has 6 nitrogen and oxygen atoms in total.